The molecule has 0 aliphatic carbocycles. The molecule has 2 aromatic rings. The quantitative estimate of drug-likeness (QED) is 0.846. The Labute approximate surface area is 132 Å². The minimum atomic E-state index is -0.329. The van der Waals surface area contributed by atoms with Crippen LogP contribution in [0, 0.1) is 0 Å². The third kappa shape index (κ3) is 3.80. The van der Waals surface area contributed by atoms with Crippen molar-refractivity contribution in [1.29, 1.82) is 0 Å². The van der Waals surface area contributed by atoms with Crippen LogP contribution in [0.1, 0.15) is 15.9 Å². The SMILES string of the molecule is COc1ccc(CNC(=O)c2cc(N)cc(Cl)c2Cl)cc1. The zero-order chi connectivity index (χ0) is 15.4. The molecule has 0 aliphatic heterocycles. The Bertz CT molecular complexity index is 657. The van der Waals surface area contributed by atoms with Gasteiger partial charge in [0.1, 0.15) is 5.75 Å². The van der Waals surface area contributed by atoms with Crippen LogP contribution < -0.4 is 15.8 Å². The highest BCUT2D eigenvalue weighted by Crippen LogP contribution is 2.28. The van der Waals surface area contributed by atoms with E-state index in [-0.39, 0.29) is 21.5 Å². The molecular weight excluding hydrogens is 311 g/mol. The van der Waals surface area contributed by atoms with Gasteiger partial charge in [0.25, 0.3) is 5.91 Å². The Hall–Kier alpha value is -1.91. The number of nitrogen functional groups attached to an aromatic ring is 1. The summed E-state index contributed by atoms with van der Waals surface area (Å²) < 4.78 is 5.07. The highest BCUT2D eigenvalue weighted by atomic mass is 35.5. The van der Waals surface area contributed by atoms with Gasteiger partial charge in [-0.15, -0.1) is 0 Å². The van der Waals surface area contributed by atoms with Gasteiger partial charge in [0, 0.05) is 12.2 Å². The Morgan fingerprint density at radius 2 is 1.90 bits per heavy atom. The van der Waals surface area contributed by atoms with E-state index in [2.05, 4.69) is 5.32 Å². The van der Waals surface area contributed by atoms with Gasteiger partial charge in [0.15, 0.2) is 0 Å². The second-order valence-corrected chi connectivity index (χ2v) is 5.18. The van der Waals surface area contributed by atoms with Crippen LogP contribution in [0.2, 0.25) is 10.0 Å². The predicted molar refractivity (Wildman–Crippen MR) is 85.0 cm³/mol. The molecule has 0 radical (unpaired) electrons. The number of anilines is 1. The van der Waals surface area contributed by atoms with E-state index >= 15 is 0 Å². The highest BCUT2D eigenvalue weighted by molar-refractivity contribution is 6.44. The standard InChI is InChI=1S/C15H14Cl2N2O2/c1-21-11-4-2-9(3-5-11)8-19-15(20)12-6-10(18)7-13(16)14(12)17/h2-7H,8,18H2,1H3,(H,19,20). The number of benzene rings is 2. The molecule has 0 unspecified atom stereocenters. The van der Waals surface area contributed by atoms with E-state index in [1.807, 2.05) is 24.3 Å². The monoisotopic (exact) mass is 324 g/mol. The van der Waals surface area contributed by atoms with E-state index in [4.69, 9.17) is 33.7 Å². The molecule has 0 heterocycles. The molecule has 3 N–H and O–H groups in total. The van der Waals surface area contributed by atoms with Gasteiger partial charge in [-0.1, -0.05) is 35.3 Å². The van der Waals surface area contributed by atoms with Gasteiger partial charge in [-0.2, -0.15) is 0 Å². The summed E-state index contributed by atoms with van der Waals surface area (Å²) in [6, 6.07) is 10.4. The van der Waals surface area contributed by atoms with E-state index in [0.29, 0.717) is 12.2 Å². The lowest BCUT2D eigenvalue weighted by Gasteiger charge is -2.09. The number of halogens is 2. The zero-order valence-electron chi connectivity index (χ0n) is 11.3. The average molecular weight is 325 g/mol. The maximum atomic E-state index is 12.1. The van der Waals surface area contributed by atoms with Gasteiger partial charge in [-0.3, -0.25) is 4.79 Å². The fourth-order valence-corrected chi connectivity index (χ4v) is 2.22. The van der Waals surface area contributed by atoms with Gasteiger partial charge in [0.2, 0.25) is 0 Å². The van der Waals surface area contributed by atoms with Gasteiger partial charge in [0.05, 0.1) is 22.7 Å². The van der Waals surface area contributed by atoms with E-state index in [9.17, 15) is 4.79 Å². The van der Waals surface area contributed by atoms with Crippen LogP contribution in [0.25, 0.3) is 0 Å². The molecule has 1 amide bonds. The molecule has 0 bridgehead atoms. The van der Waals surface area contributed by atoms with E-state index in [1.165, 1.54) is 12.1 Å². The summed E-state index contributed by atoms with van der Waals surface area (Å²) in [4.78, 5) is 12.1. The number of methoxy groups -OCH3 is 1. The first-order valence-corrected chi connectivity index (χ1v) is 6.92. The summed E-state index contributed by atoms with van der Waals surface area (Å²) in [7, 11) is 1.60. The lowest BCUT2D eigenvalue weighted by Crippen LogP contribution is -2.23. The topological polar surface area (TPSA) is 64.3 Å². The molecular formula is C15H14Cl2N2O2. The second kappa shape index (κ2) is 6.70. The Kier molecular flexibility index (Phi) is 4.94. The number of hydrogen-bond acceptors (Lipinski definition) is 3. The zero-order valence-corrected chi connectivity index (χ0v) is 12.8. The number of amides is 1. The van der Waals surface area contributed by atoms with Gasteiger partial charge in [-0.05, 0) is 29.8 Å². The molecule has 2 rings (SSSR count). The number of carbonyl (C=O) groups is 1. The second-order valence-electron chi connectivity index (χ2n) is 4.40. The van der Waals surface area contributed by atoms with Gasteiger partial charge >= 0.3 is 0 Å². The van der Waals surface area contributed by atoms with Crippen molar-refractivity contribution in [2.45, 2.75) is 6.54 Å². The smallest absolute Gasteiger partial charge is 0.253 e. The van der Waals surface area contributed by atoms with Crippen molar-refractivity contribution in [2.75, 3.05) is 12.8 Å². The van der Waals surface area contributed by atoms with E-state index in [1.54, 1.807) is 7.11 Å². The maximum absolute atomic E-state index is 12.1. The summed E-state index contributed by atoms with van der Waals surface area (Å²) in [5.74, 6) is 0.431. The molecule has 0 aromatic heterocycles. The molecule has 0 saturated heterocycles. The van der Waals surface area contributed by atoms with Crippen LogP contribution >= 0.6 is 23.2 Å². The summed E-state index contributed by atoms with van der Waals surface area (Å²) in [6.07, 6.45) is 0. The number of hydrogen-bond donors (Lipinski definition) is 2. The number of ether oxygens (including phenoxy) is 1. The fourth-order valence-electron chi connectivity index (χ4n) is 1.80. The van der Waals surface area contributed by atoms with Crippen molar-refractivity contribution >= 4 is 34.8 Å². The third-order valence-electron chi connectivity index (χ3n) is 2.91. The van der Waals surface area contributed by atoms with Crippen LogP contribution in [-0.4, -0.2) is 13.0 Å². The Morgan fingerprint density at radius 3 is 2.52 bits per heavy atom. The number of nitrogens with two attached hydrogens (primary N) is 1. The Balaban J connectivity index is 2.08. The fraction of sp³-hybridized carbons (Fsp3) is 0.133. The molecule has 0 saturated carbocycles. The molecule has 2 aromatic carbocycles. The first-order valence-electron chi connectivity index (χ1n) is 6.17. The highest BCUT2D eigenvalue weighted by Gasteiger charge is 2.14. The largest absolute Gasteiger partial charge is 0.497 e. The molecule has 0 spiro atoms. The lowest BCUT2D eigenvalue weighted by atomic mass is 10.1. The maximum Gasteiger partial charge on any atom is 0.253 e. The molecule has 0 aliphatic rings. The molecule has 110 valence electrons. The number of rotatable bonds is 4. The van der Waals surface area contributed by atoms with E-state index < -0.39 is 0 Å². The number of nitrogens with one attached hydrogen (secondary N) is 1. The van der Waals surface area contributed by atoms with Crippen molar-refractivity contribution in [3.8, 4) is 5.75 Å². The van der Waals surface area contributed by atoms with Crippen molar-refractivity contribution < 1.29 is 9.53 Å². The van der Waals surface area contributed by atoms with Gasteiger partial charge < -0.3 is 15.8 Å². The molecule has 4 nitrogen and oxygen atoms in total. The lowest BCUT2D eigenvalue weighted by molar-refractivity contribution is 0.0951. The van der Waals surface area contributed by atoms with Crippen molar-refractivity contribution in [2.24, 2.45) is 0 Å². The van der Waals surface area contributed by atoms with Gasteiger partial charge in [-0.25, -0.2) is 0 Å². The van der Waals surface area contributed by atoms with Crippen LogP contribution in [0.4, 0.5) is 5.69 Å². The van der Waals surface area contributed by atoms with Crippen LogP contribution in [-0.2, 0) is 6.54 Å². The van der Waals surface area contributed by atoms with Crippen LogP contribution in [0.5, 0.6) is 5.75 Å². The molecule has 6 heteroatoms. The average Bonchev–Trinajstić information content (AvgIpc) is 2.49. The third-order valence-corrected chi connectivity index (χ3v) is 3.71. The normalized spacial score (nSPS) is 10.2. The first-order chi connectivity index (χ1) is 10.0. The van der Waals surface area contributed by atoms with E-state index in [0.717, 1.165) is 11.3 Å². The summed E-state index contributed by atoms with van der Waals surface area (Å²) >= 11 is 11.9. The molecule has 0 atom stereocenters. The van der Waals surface area contributed by atoms with Crippen molar-refractivity contribution in [1.82, 2.24) is 5.32 Å². The summed E-state index contributed by atoms with van der Waals surface area (Å²) in [5.41, 5.74) is 7.26. The molecule has 21 heavy (non-hydrogen) atoms. The minimum absolute atomic E-state index is 0.193. The van der Waals surface area contributed by atoms with Crippen molar-refractivity contribution in [3.05, 3.63) is 57.6 Å². The summed E-state index contributed by atoms with van der Waals surface area (Å²) in [6.45, 7) is 0.367. The predicted octanol–water partition coefficient (Wildman–Crippen LogP) is 3.51. The van der Waals surface area contributed by atoms with Crippen LogP contribution in [0.15, 0.2) is 36.4 Å². The Morgan fingerprint density at radius 1 is 1.24 bits per heavy atom. The minimum Gasteiger partial charge on any atom is -0.497 e. The number of carbonyl (C=O) groups excluding carboxylic acids is 1. The van der Waals surface area contributed by atoms with Crippen LogP contribution in [0.3, 0.4) is 0 Å². The molecule has 0 fully saturated rings. The summed E-state index contributed by atoms with van der Waals surface area (Å²) in [5, 5.41) is 3.22. The van der Waals surface area contributed by atoms with Crippen molar-refractivity contribution in [3.63, 3.8) is 0 Å². The first kappa shape index (κ1) is 15.5.